The molecule has 3 aromatic rings. The van der Waals surface area contributed by atoms with E-state index in [-0.39, 0.29) is 26.6 Å². The van der Waals surface area contributed by atoms with Crippen LogP contribution in [0.15, 0.2) is 65.8 Å². The van der Waals surface area contributed by atoms with E-state index in [0.717, 1.165) is 27.9 Å². The van der Waals surface area contributed by atoms with Gasteiger partial charge in [-0.2, -0.15) is 5.10 Å². The average Bonchev–Trinajstić information content (AvgIpc) is 2.77. The zero-order valence-electron chi connectivity index (χ0n) is 18.5. The molecular formula is C25H26Br2N4O. The van der Waals surface area contributed by atoms with Crippen LogP contribution in [0.5, 0.6) is 0 Å². The molecule has 2 aromatic carbocycles. The van der Waals surface area contributed by atoms with Gasteiger partial charge in [-0.3, -0.25) is 4.79 Å². The van der Waals surface area contributed by atoms with Gasteiger partial charge in [0, 0.05) is 22.0 Å². The summed E-state index contributed by atoms with van der Waals surface area (Å²) in [6, 6.07) is 19.4. The van der Waals surface area contributed by atoms with Crippen molar-refractivity contribution in [2.24, 2.45) is 5.10 Å². The van der Waals surface area contributed by atoms with Crippen molar-refractivity contribution in [3.63, 3.8) is 0 Å². The highest BCUT2D eigenvalue weighted by molar-refractivity contribution is 9.10. The fraction of sp³-hybridized carbons (Fsp3) is 0.320. The topological polar surface area (TPSA) is 66.4 Å². The van der Waals surface area contributed by atoms with Gasteiger partial charge in [0.05, 0.1) is 32.1 Å². The van der Waals surface area contributed by atoms with E-state index in [9.17, 15) is 4.79 Å². The maximum absolute atomic E-state index is 13.3. The Kier molecular flexibility index (Phi) is 6.27. The highest BCUT2D eigenvalue weighted by Crippen LogP contribution is 2.35. The number of alkyl halides is 2. The normalized spacial score (nSPS) is 21.9. The van der Waals surface area contributed by atoms with Crippen LogP contribution in [0, 0.1) is 0 Å². The van der Waals surface area contributed by atoms with Crippen LogP contribution in [0.1, 0.15) is 38.1 Å². The Morgan fingerprint density at radius 3 is 2.22 bits per heavy atom. The largest absolute Gasteiger partial charge is 0.304 e. The smallest absolute Gasteiger partial charge is 0.272 e. The molecule has 1 fully saturated rings. The second-order valence-electron chi connectivity index (χ2n) is 9.21. The molecule has 7 heteroatoms. The molecule has 0 aliphatic carbocycles. The number of fused-ring (bicyclic) bond motifs is 1. The molecule has 4 rings (SSSR count). The first kappa shape index (κ1) is 23.1. The molecule has 0 radical (unpaired) electrons. The molecular weight excluding hydrogens is 532 g/mol. The lowest BCUT2D eigenvalue weighted by Gasteiger charge is -2.49. The lowest BCUT2D eigenvalue weighted by Crippen LogP contribution is -2.69. The van der Waals surface area contributed by atoms with Gasteiger partial charge < -0.3 is 5.32 Å². The number of benzene rings is 2. The number of nitrogens with one attached hydrogen (secondary N) is 2. The van der Waals surface area contributed by atoms with Crippen molar-refractivity contribution >= 4 is 54.4 Å². The summed E-state index contributed by atoms with van der Waals surface area (Å²) >= 11 is 7.54. The van der Waals surface area contributed by atoms with Crippen molar-refractivity contribution in [3.8, 4) is 11.3 Å². The molecule has 32 heavy (non-hydrogen) atoms. The fourth-order valence-electron chi connectivity index (χ4n) is 4.23. The first-order chi connectivity index (χ1) is 15.1. The summed E-state index contributed by atoms with van der Waals surface area (Å²) in [5.74, 6) is -0.262. The highest BCUT2D eigenvalue weighted by atomic mass is 79.9. The Balaban J connectivity index is 1.73. The van der Waals surface area contributed by atoms with Crippen LogP contribution in [0.3, 0.4) is 0 Å². The Morgan fingerprint density at radius 1 is 0.969 bits per heavy atom. The van der Waals surface area contributed by atoms with Gasteiger partial charge in [-0.15, -0.1) is 0 Å². The number of pyridine rings is 1. The molecule has 1 amide bonds. The van der Waals surface area contributed by atoms with Gasteiger partial charge in [-0.05, 0) is 39.8 Å². The van der Waals surface area contributed by atoms with Crippen molar-refractivity contribution < 1.29 is 4.79 Å². The molecule has 1 aliphatic rings. The van der Waals surface area contributed by atoms with E-state index in [0.29, 0.717) is 5.56 Å². The molecule has 0 unspecified atom stereocenters. The number of nitrogens with zero attached hydrogens (tertiary/aromatic N) is 2. The van der Waals surface area contributed by atoms with Crippen molar-refractivity contribution in [1.82, 2.24) is 15.7 Å². The summed E-state index contributed by atoms with van der Waals surface area (Å²) in [7, 11) is 0. The number of amides is 1. The molecule has 1 aromatic heterocycles. The summed E-state index contributed by atoms with van der Waals surface area (Å²) in [5, 5.41) is 9.01. The number of carbonyl (C=O) groups is 1. The number of rotatable bonds is 3. The van der Waals surface area contributed by atoms with E-state index in [2.05, 4.69) is 75.4 Å². The third-order valence-corrected chi connectivity index (χ3v) is 8.98. The summed E-state index contributed by atoms with van der Waals surface area (Å²) in [4.78, 5) is 18.0. The highest BCUT2D eigenvalue weighted by Gasteiger charge is 2.48. The van der Waals surface area contributed by atoms with Gasteiger partial charge in [0.25, 0.3) is 5.91 Å². The van der Waals surface area contributed by atoms with Crippen LogP contribution in [0.4, 0.5) is 0 Å². The number of hydrogen-bond acceptors (Lipinski definition) is 4. The Bertz CT molecular complexity index is 1170. The first-order valence-electron chi connectivity index (χ1n) is 10.5. The monoisotopic (exact) mass is 556 g/mol. The summed E-state index contributed by atoms with van der Waals surface area (Å²) in [5.41, 5.74) is 6.21. The maximum Gasteiger partial charge on any atom is 0.272 e. The van der Waals surface area contributed by atoms with Gasteiger partial charge >= 0.3 is 0 Å². The van der Waals surface area contributed by atoms with E-state index in [4.69, 9.17) is 4.98 Å². The summed E-state index contributed by atoms with van der Waals surface area (Å²) < 4.78 is 0. The van der Waals surface area contributed by atoms with E-state index in [1.165, 1.54) is 0 Å². The van der Waals surface area contributed by atoms with Gasteiger partial charge in [0.15, 0.2) is 0 Å². The van der Waals surface area contributed by atoms with Crippen molar-refractivity contribution in [2.45, 2.75) is 48.4 Å². The van der Waals surface area contributed by atoms with Crippen LogP contribution in [-0.2, 0) is 0 Å². The maximum atomic E-state index is 13.3. The molecule has 2 heterocycles. The third kappa shape index (κ3) is 4.38. The molecule has 1 aliphatic heterocycles. The number of aromatic nitrogens is 1. The molecule has 0 spiro atoms. The zero-order valence-corrected chi connectivity index (χ0v) is 21.7. The predicted octanol–water partition coefficient (Wildman–Crippen LogP) is 5.68. The number of piperidine rings is 1. The van der Waals surface area contributed by atoms with Crippen LogP contribution in [0.2, 0.25) is 0 Å². The predicted molar refractivity (Wildman–Crippen MR) is 139 cm³/mol. The van der Waals surface area contributed by atoms with Crippen LogP contribution < -0.4 is 10.7 Å². The van der Waals surface area contributed by atoms with Gasteiger partial charge in [-0.1, -0.05) is 80.4 Å². The number of para-hydroxylation sites is 1. The van der Waals surface area contributed by atoms with Crippen molar-refractivity contribution in [1.29, 1.82) is 0 Å². The molecule has 2 N–H and O–H groups in total. The first-order valence-corrected chi connectivity index (χ1v) is 12.3. The van der Waals surface area contributed by atoms with Gasteiger partial charge in [0.2, 0.25) is 0 Å². The molecule has 0 bridgehead atoms. The number of carbonyl (C=O) groups excluding carboxylic acids is 1. The molecule has 5 nitrogen and oxygen atoms in total. The number of halogens is 2. The minimum atomic E-state index is -0.262. The van der Waals surface area contributed by atoms with E-state index in [1.54, 1.807) is 0 Å². The molecule has 2 atom stereocenters. The molecule has 1 saturated heterocycles. The quantitative estimate of drug-likeness (QED) is 0.322. The van der Waals surface area contributed by atoms with Crippen molar-refractivity contribution in [2.75, 3.05) is 0 Å². The van der Waals surface area contributed by atoms with E-state index < -0.39 is 0 Å². The third-order valence-electron chi connectivity index (χ3n) is 5.75. The minimum absolute atomic E-state index is 0.0539. The summed E-state index contributed by atoms with van der Waals surface area (Å²) in [6.45, 7) is 8.47. The Labute approximate surface area is 205 Å². The molecule has 166 valence electrons. The average molecular weight is 558 g/mol. The standard InChI is InChI=1S/C25H26Br2N4O/c1-24(2)21(26)20(22(27)25(3,4)31-24)29-30-23(32)17-14-19(15-10-6-5-7-11-15)28-18-13-9-8-12-16(17)18/h5-14,21-22,31H,1-4H3,(H,30,32)/t21-,22-/m1/s1. The Hall–Kier alpha value is -2.09. The van der Waals surface area contributed by atoms with Gasteiger partial charge in [0.1, 0.15) is 0 Å². The van der Waals surface area contributed by atoms with E-state index >= 15 is 0 Å². The minimum Gasteiger partial charge on any atom is -0.304 e. The second kappa shape index (κ2) is 8.69. The van der Waals surface area contributed by atoms with E-state index in [1.807, 2.05) is 60.7 Å². The number of hydrazone groups is 1. The Morgan fingerprint density at radius 2 is 1.56 bits per heavy atom. The van der Waals surface area contributed by atoms with Crippen molar-refractivity contribution in [3.05, 3.63) is 66.2 Å². The lowest BCUT2D eigenvalue weighted by molar-refractivity contribution is 0.0955. The van der Waals surface area contributed by atoms with Crippen LogP contribution in [0.25, 0.3) is 22.2 Å². The fourth-order valence-corrected chi connectivity index (χ4v) is 5.55. The second-order valence-corrected chi connectivity index (χ2v) is 11.0. The summed E-state index contributed by atoms with van der Waals surface area (Å²) in [6.07, 6.45) is 0. The molecule has 0 saturated carbocycles. The SMILES string of the molecule is CC1(C)NC(C)(C)[C@H](Br)C(=NNC(=O)c2cc(-c3ccccc3)nc3ccccc23)[C@H]1Br. The zero-order chi connectivity index (χ0) is 23.1. The van der Waals surface area contributed by atoms with Crippen LogP contribution >= 0.6 is 31.9 Å². The lowest BCUT2D eigenvalue weighted by atomic mass is 9.81. The number of hydrogen-bond donors (Lipinski definition) is 2. The van der Waals surface area contributed by atoms with Crippen LogP contribution in [-0.4, -0.2) is 37.3 Å². The van der Waals surface area contributed by atoms with Gasteiger partial charge in [-0.25, -0.2) is 10.4 Å².